The predicted molar refractivity (Wildman–Crippen MR) is 71.4 cm³/mol. The summed E-state index contributed by atoms with van der Waals surface area (Å²) in [6.07, 6.45) is 1.61. The van der Waals surface area contributed by atoms with Gasteiger partial charge in [0.2, 0.25) is 5.82 Å². The highest BCUT2D eigenvalue weighted by Crippen LogP contribution is 2.32. The predicted octanol–water partition coefficient (Wildman–Crippen LogP) is 2.68. The minimum Gasteiger partial charge on any atom is -0.493 e. The van der Waals surface area contributed by atoms with E-state index < -0.39 is 11.8 Å². The van der Waals surface area contributed by atoms with Crippen molar-refractivity contribution in [2.45, 2.75) is 13.3 Å². The molecule has 0 saturated heterocycles. The van der Waals surface area contributed by atoms with Crippen LogP contribution in [-0.4, -0.2) is 28.2 Å². The Balaban J connectivity index is 2.38. The van der Waals surface area contributed by atoms with Crippen LogP contribution in [0.15, 0.2) is 24.5 Å². The number of aryl methyl sites for hydroxylation is 1. The molecule has 0 atom stereocenters. The minimum atomic E-state index is -1.10. The molecular weight excluding hydrogens is 279 g/mol. The number of hydrogen-bond acceptors (Lipinski definition) is 5. The zero-order chi connectivity index (χ0) is 15.4. The highest BCUT2D eigenvalue weighted by Gasteiger charge is 2.15. The molecule has 1 heterocycles. The van der Waals surface area contributed by atoms with Gasteiger partial charge < -0.3 is 14.6 Å². The number of aromatic carboxylic acids is 1. The van der Waals surface area contributed by atoms with Gasteiger partial charge in [-0.15, -0.1) is 0 Å². The van der Waals surface area contributed by atoms with Gasteiger partial charge in [-0.2, -0.15) is 9.37 Å². The Morgan fingerprint density at radius 3 is 2.71 bits per heavy atom. The number of halogens is 1. The molecule has 0 spiro atoms. The number of carbonyl (C=O) groups is 1. The molecular formula is C14H13FN2O4. The molecule has 0 amide bonds. The summed E-state index contributed by atoms with van der Waals surface area (Å²) in [4.78, 5) is 18.4. The average Bonchev–Trinajstić information content (AvgIpc) is 2.49. The maximum absolute atomic E-state index is 14.0. The summed E-state index contributed by atoms with van der Waals surface area (Å²) in [5.74, 6) is -1.64. The average molecular weight is 292 g/mol. The first-order valence-corrected chi connectivity index (χ1v) is 6.15. The lowest BCUT2D eigenvalue weighted by Crippen LogP contribution is -2.02. The first kappa shape index (κ1) is 14.7. The van der Waals surface area contributed by atoms with Gasteiger partial charge >= 0.3 is 5.97 Å². The van der Waals surface area contributed by atoms with Crippen LogP contribution in [0.2, 0.25) is 0 Å². The molecule has 1 aromatic carbocycles. The Kier molecular flexibility index (Phi) is 4.32. The van der Waals surface area contributed by atoms with Gasteiger partial charge in [0.05, 0.1) is 18.4 Å². The van der Waals surface area contributed by atoms with Crippen LogP contribution in [-0.2, 0) is 6.42 Å². The molecule has 0 bridgehead atoms. The van der Waals surface area contributed by atoms with E-state index in [0.29, 0.717) is 6.42 Å². The number of rotatable bonds is 5. The molecule has 1 aromatic heterocycles. The number of benzene rings is 1. The van der Waals surface area contributed by atoms with Gasteiger partial charge in [0, 0.05) is 0 Å². The van der Waals surface area contributed by atoms with Crippen molar-refractivity contribution in [2.24, 2.45) is 0 Å². The van der Waals surface area contributed by atoms with E-state index in [0.717, 1.165) is 0 Å². The normalized spacial score (nSPS) is 10.2. The third-order valence-electron chi connectivity index (χ3n) is 2.78. The van der Waals surface area contributed by atoms with Crippen LogP contribution >= 0.6 is 0 Å². The molecule has 0 aliphatic carbocycles. The van der Waals surface area contributed by atoms with E-state index in [4.69, 9.17) is 14.6 Å². The summed E-state index contributed by atoms with van der Waals surface area (Å²) in [5.41, 5.74) is 0.276. The Morgan fingerprint density at radius 2 is 2.10 bits per heavy atom. The van der Waals surface area contributed by atoms with Crippen LogP contribution in [0.4, 0.5) is 4.39 Å². The molecule has 6 nitrogen and oxygen atoms in total. The van der Waals surface area contributed by atoms with E-state index in [1.54, 1.807) is 6.92 Å². The Bertz CT molecular complexity index is 676. The van der Waals surface area contributed by atoms with Gasteiger partial charge in [0.25, 0.3) is 5.88 Å². The first-order valence-electron chi connectivity index (χ1n) is 6.15. The number of methoxy groups -OCH3 is 1. The number of carboxylic acid groups (broad SMARTS) is 1. The van der Waals surface area contributed by atoms with Gasteiger partial charge in [-0.3, -0.25) is 0 Å². The van der Waals surface area contributed by atoms with Crippen molar-refractivity contribution in [2.75, 3.05) is 7.11 Å². The van der Waals surface area contributed by atoms with Crippen LogP contribution in [0.5, 0.6) is 17.4 Å². The highest BCUT2D eigenvalue weighted by molar-refractivity contribution is 5.88. The number of nitrogens with zero attached hydrogens (tertiary/aromatic N) is 2. The monoisotopic (exact) mass is 292 g/mol. The Morgan fingerprint density at radius 1 is 1.33 bits per heavy atom. The zero-order valence-corrected chi connectivity index (χ0v) is 11.5. The third-order valence-corrected chi connectivity index (χ3v) is 2.78. The SMILES string of the molecule is CCc1ncnc(Oc2ccc(C(=O)O)cc2OC)c1F. The summed E-state index contributed by atoms with van der Waals surface area (Å²) in [7, 11) is 1.36. The molecule has 110 valence electrons. The smallest absolute Gasteiger partial charge is 0.335 e. The fourth-order valence-corrected chi connectivity index (χ4v) is 1.69. The fraction of sp³-hybridized carbons (Fsp3) is 0.214. The van der Waals surface area contributed by atoms with Crippen LogP contribution in [0.25, 0.3) is 0 Å². The quantitative estimate of drug-likeness (QED) is 0.912. The van der Waals surface area contributed by atoms with E-state index in [9.17, 15) is 9.18 Å². The van der Waals surface area contributed by atoms with Gasteiger partial charge in [0.15, 0.2) is 11.5 Å². The minimum absolute atomic E-state index is 0.0385. The third kappa shape index (κ3) is 3.07. The molecule has 0 saturated carbocycles. The lowest BCUT2D eigenvalue weighted by molar-refractivity contribution is 0.0696. The molecule has 0 fully saturated rings. The molecule has 1 N–H and O–H groups in total. The Labute approximate surface area is 120 Å². The number of aromatic nitrogens is 2. The van der Waals surface area contributed by atoms with E-state index in [1.165, 1.54) is 31.6 Å². The standard InChI is InChI=1S/C14H13FN2O4/c1-3-9-12(15)13(17-7-16-9)21-10-5-4-8(14(18)19)6-11(10)20-2/h4-7H,3H2,1-2H3,(H,18,19). The lowest BCUT2D eigenvalue weighted by atomic mass is 10.2. The fourth-order valence-electron chi connectivity index (χ4n) is 1.69. The number of ether oxygens (including phenoxy) is 2. The molecule has 7 heteroatoms. The topological polar surface area (TPSA) is 81.5 Å². The van der Waals surface area contributed by atoms with Gasteiger partial charge in [-0.25, -0.2) is 9.78 Å². The summed E-state index contributed by atoms with van der Waals surface area (Å²) >= 11 is 0. The molecule has 21 heavy (non-hydrogen) atoms. The van der Waals surface area contributed by atoms with Gasteiger partial charge in [-0.05, 0) is 24.6 Å². The first-order chi connectivity index (χ1) is 10.1. The second-order valence-corrected chi connectivity index (χ2v) is 4.07. The molecule has 0 aliphatic heterocycles. The summed E-state index contributed by atoms with van der Waals surface area (Å²) in [6, 6.07) is 4.01. The van der Waals surface area contributed by atoms with E-state index in [1.807, 2.05) is 0 Å². The maximum atomic E-state index is 14.0. The van der Waals surface area contributed by atoms with Crippen LogP contribution in [0.1, 0.15) is 23.0 Å². The van der Waals surface area contributed by atoms with Crippen molar-refractivity contribution >= 4 is 5.97 Å². The number of hydrogen-bond donors (Lipinski definition) is 1. The van der Waals surface area contributed by atoms with E-state index >= 15 is 0 Å². The summed E-state index contributed by atoms with van der Waals surface area (Å²) in [6.45, 7) is 1.76. The maximum Gasteiger partial charge on any atom is 0.335 e. The van der Waals surface area contributed by atoms with Crippen LogP contribution < -0.4 is 9.47 Å². The van der Waals surface area contributed by atoms with E-state index in [-0.39, 0.29) is 28.6 Å². The van der Waals surface area contributed by atoms with Crippen molar-refractivity contribution in [3.8, 4) is 17.4 Å². The second-order valence-electron chi connectivity index (χ2n) is 4.07. The van der Waals surface area contributed by atoms with Crippen molar-refractivity contribution in [1.29, 1.82) is 0 Å². The molecule has 2 rings (SSSR count). The molecule has 2 aromatic rings. The molecule has 0 unspecified atom stereocenters. The van der Waals surface area contributed by atoms with Crippen molar-refractivity contribution < 1.29 is 23.8 Å². The summed E-state index contributed by atoms with van der Waals surface area (Å²) in [5, 5.41) is 8.92. The van der Waals surface area contributed by atoms with Gasteiger partial charge in [-0.1, -0.05) is 6.92 Å². The van der Waals surface area contributed by atoms with E-state index in [2.05, 4.69) is 9.97 Å². The molecule has 0 aliphatic rings. The highest BCUT2D eigenvalue weighted by atomic mass is 19.1. The summed E-state index contributed by atoms with van der Waals surface area (Å²) < 4.78 is 24.4. The van der Waals surface area contributed by atoms with Crippen LogP contribution in [0.3, 0.4) is 0 Å². The Hall–Kier alpha value is -2.70. The number of carboxylic acids is 1. The van der Waals surface area contributed by atoms with Crippen LogP contribution in [0, 0.1) is 5.82 Å². The molecule has 0 radical (unpaired) electrons. The lowest BCUT2D eigenvalue weighted by Gasteiger charge is -2.11. The zero-order valence-electron chi connectivity index (χ0n) is 11.5. The second kappa shape index (κ2) is 6.17. The largest absolute Gasteiger partial charge is 0.493 e. The van der Waals surface area contributed by atoms with Crippen molar-refractivity contribution in [3.63, 3.8) is 0 Å². The van der Waals surface area contributed by atoms with Gasteiger partial charge in [0.1, 0.15) is 6.33 Å². The van der Waals surface area contributed by atoms with Crippen molar-refractivity contribution in [3.05, 3.63) is 41.6 Å². The van der Waals surface area contributed by atoms with Crippen molar-refractivity contribution in [1.82, 2.24) is 9.97 Å².